The molecule has 0 saturated carbocycles. The first-order chi connectivity index (χ1) is 7.81. The number of urea groups is 1. The standard InChI is InChI=1S/C12H22N2O3/c1-6-7-14(8(2)3)12(17)13-10(5)9(4)11(15)16/h6,8-10H,1,7H2,2-5H3,(H,13,17)(H,15,16). The van der Waals surface area contributed by atoms with Crippen molar-refractivity contribution < 1.29 is 14.7 Å². The van der Waals surface area contributed by atoms with E-state index in [1.807, 2.05) is 13.8 Å². The quantitative estimate of drug-likeness (QED) is 0.696. The van der Waals surface area contributed by atoms with Gasteiger partial charge < -0.3 is 15.3 Å². The molecule has 98 valence electrons. The highest BCUT2D eigenvalue weighted by molar-refractivity contribution is 5.77. The van der Waals surface area contributed by atoms with Crippen molar-refractivity contribution in [3.8, 4) is 0 Å². The van der Waals surface area contributed by atoms with E-state index < -0.39 is 17.9 Å². The first-order valence-electron chi connectivity index (χ1n) is 5.72. The monoisotopic (exact) mass is 242 g/mol. The van der Waals surface area contributed by atoms with Crippen LogP contribution in [0.3, 0.4) is 0 Å². The van der Waals surface area contributed by atoms with Gasteiger partial charge in [-0.2, -0.15) is 0 Å². The fraction of sp³-hybridized carbons (Fsp3) is 0.667. The zero-order valence-electron chi connectivity index (χ0n) is 10.9. The first kappa shape index (κ1) is 15.5. The molecule has 0 aromatic carbocycles. The lowest BCUT2D eigenvalue weighted by atomic mass is 10.0. The summed E-state index contributed by atoms with van der Waals surface area (Å²) in [6.45, 7) is 11.1. The fourth-order valence-corrected chi connectivity index (χ4v) is 1.28. The van der Waals surface area contributed by atoms with Crippen molar-refractivity contribution in [1.82, 2.24) is 10.2 Å². The van der Waals surface area contributed by atoms with Crippen LogP contribution in [0.1, 0.15) is 27.7 Å². The van der Waals surface area contributed by atoms with E-state index in [0.29, 0.717) is 6.54 Å². The molecule has 0 spiro atoms. The molecule has 0 aliphatic rings. The lowest BCUT2D eigenvalue weighted by Crippen LogP contribution is -2.49. The maximum Gasteiger partial charge on any atom is 0.318 e. The van der Waals surface area contributed by atoms with E-state index in [-0.39, 0.29) is 12.1 Å². The van der Waals surface area contributed by atoms with E-state index in [9.17, 15) is 9.59 Å². The average Bonchev–Trinajstić information content (AvgIpc) is 2.23. The minimum Gasteiger partial charge on any atom is -0.481 e. The van der Waals surface area contributed by atoms with Gasteiger partial charge in [0.2, 0.25) is 0 Å². The summed E-state index contributed by atoms with van der Waals surface area (Å²) in [5.41, 5.74) is 0. The van der Waals surface area contributed by atoms with Gasteiger partial charge in [-0.25, -0.2) is 4.79 Å². The van der Waals surface area contributed by atoms with E-state index in [1.54, 1.807) is 24.8 Å². The molecule has 0 bridgehead atoms. The minimum absolute atomic E-state index is 0.0420. The van der Waals surface area contributed by atoms with Crippen LogP contribution in [0.2, 0.25) is 0 Å². The number of hydrogen-bond acceptors (Lipinski definition) is 2. The smallest absolute Gasteiger partial charge is 0.318 e. The predicted molar refractivity (Wildman–Crippen MR) is 66.8 cm³/mol. The molecule has 2 N–H and O–H groups in total. The molecule has 17 heavy (non-hydrogen) atoms. The second kappa shape index (κ2) is 6.93. The van der Waals surface area contributed by atoms with E-state index in [4.69, 9.17) is 5.11 Å². The van der Waals surface area contributed by atoms with Gasteiger partial charge in [-0.15, -0.1) is 6.58 Å². The molecule has 0 rings (SSSR count). The topological polar surface area (TPSA) is 69.6 Å². The van der Waals surface area contributed by atoms with Crippen LogP contribution in [0.4, 0.5) is 4.79 Å². The number of carbonyl (C=O) groups is 2. The average molecular weight is 242 g/mol. The largest absolute Gasteiger partial charge is 0.481 e. The van der Waals surface area contributed by atoms with Gasteiger partial charge in [0.1, 0.15) is 0 Å². The second-order valence-corrected chi connectivity index (χ2v) is 4.40. The zero-order chi connectivity index (χ0) is 13.6. The van der Waals surface area contributed by atoms with Gasteiger partial charge in [-0.1, -0.05) is 6.08 Å². The Kier molecular flexibility index (Phi) is 6.31. The molecule has 5 heteroatoms. The molecule has 0 aromatic heterocycles. The molecule has 0 aromatic rings. The van der Waals surface area contributed by atoms with Crippen molar-refractivity contribution in [2.45, 2.75) is 39.8 Å². The Balaban J connectivity index is 4.49. The van der Waals surface area contributed by atoms with Crippen molar-refractivity contribution in [3.63, 3.8) is 0 Å². The van der Waals surface area contributed by atoms with Crippen LogP contribution < -0.4 is 5.32 Å². The lowest BCUT2D eigenvalue weighted by Gasteiger charge is -2.28. The van der Waals surface area contributed by atoms with Gasteiger partial charge in [0.25, 0.3) is 0 Å². The molecule has 0 aliphatic heterocycles. The molecule has 0 radical (unpaired) electrons. The van der Waals surface area contributed by atoms with Gasteiger partial charge in [-0.05, 0) is 27.7 Å². The van der Waals surface area contributed by atoms with E-state index in [2.05, 4.69) is 11.9 Å². The summed E-state index contributed by atoms with van der Waals surface area (Å²) in [5, 5.41) is 11.5. The van der Waals surface area contributed by atoms with Crippen LogP contribution in [0, 0.1) is 5.92 Å². The molecule has 5 nitrogen and oxygen atoms in total. The number of nitrogens with zero attached hydrogens (tertiary/aromatic N) is 1. The highest BCUT2D eigenvalue weighted by Crippen LogP contribution is 2.05. The molecule has 2 unspecified atom stereocenters. The Morgan fingerprint density at radius 1 is 1.35 bits per heavy atom. The van der Waals surface area contributed by atoms with Crippen LogP contribution in [0.15, 0.2) is 12.7 Å². The van der Waals surface area contributed by atoms with Crippen molar-refractivity contribution in [2.75, 3.05) is 6.54 Å². The number of nitrogens with one attached hydrogen (secondary N) is 1. The van der Waals surface area contributed by atoms with Gasteiger partial charge in [0.05, 0.1) is 5.92 Å². The number of carboxylic acid groups (broad SMARTS) is 1. The third-order valence-corrected chi connectivity index (χ3v) is 2.70. The number of amides is 2. The molecule has 0 heterocycles. The Morgan fingerprint density at radius 2 is 1.88 bits per heavy atom. The third-order valence-electron chi connectivity index (χ3n) is 2.70. The molecule has 0 saturated heterocycles. The SMILES string of the molecule is C=CCN(C(=O)NC(C)C(C)C(=O)O)C(C)C. The van der Waals surface area contributed by atoms with Gasteiger partial charge in [-0.3, -0.25) is 4.79 Å². The van der Waals surface area contributed by atoms with Crippen LogP contribution in [-0.4, -0.2) is 40.6 Å². The number of rotatable bonds is 6. The van der Waals surface area contributed by atoms with E-state index in [0.717, 1.165) is 0 Å². The highest BCUT2D eigenvalue weighted by atomic mass is 16.4. The number of carbonyl (C=O) groups excluding carboxylic acids is 1. The summed E-state index contributed by atoms with van der Waals surface area (Å²) < 4.78 is 0. The number of aliphatic carboxylic acids is 1. The molecular formula is C12H22N2O3. The summed E-state index contributed by atoms with van der Waals surface area (Å²) in [5.74, 6) is -1.53. The van der Waals surface area contributed by atoms with Gasteiger partial charge in [0.15, 0.2) is 0 Å². The van der Waals surface area contributed by atoms with Gasteiger partial charge >= 0.3 is 12.0 Å². The predicted octanol–water partition coefficient (Wildman–Crippen LogP) is 1.70. The summed E-state index contributed by atoms with van der Waals surface area (Å²) in [4.78, 5) is 24.3. The molecule has 2 atom stereocenters. The second-order valence-electron chi connectivity index (χ2n) is 4.40. The first-order valence-corrected chi connectivity index (χ1v) is 5.72. The molecule has 2 amide bonds. The maximum atomic E-state index is 11.9. The molecule has 0 fully saturated rings. The Hall–Kier alpha value is -1.52. The molecular weight excluding hydrogens is 220 g/mol. The third kappa shape index (κ3) is 4.89. The Morgan fingerprint density at radius 3 is 2.24 bits per heavy atom. The Labute approximate surface area is 102 Å². The minimum atomic E-state index is -0.919. The molecule has 0 aliphatic carbocycles. The fourth-order valence-electron chi connectivity index (χ4n) is 1.28. The number of hydrogen-bond donors (Lipinski definition) is 2. The summed E-state index contributed by atoms with van der Waals surface area (Å²) >= 11 is 0. The zero-order valence-corrected chi connectivity index (χ0v) is 10.9. The maximum absolute atomic E-state index is 11.9. The number of carboxylic acids is 1. The highest BCUT2D eigenvalue weighted by Gasteiger charge is 2.23. The van der Waals surface area contributed by atoms with Crippen molar-refractivity contribution >= 4 is 12.0 Å². The summed E-state index contributed by atoms with van der Waals surface area (Å²) in [6.07, 6.45) is 1.64. The van der Waals surface area contributed by atoms with Crippen LogP contribution in [-0.2, 0) is 4.79 Å². The van der Waals surface area contributed by atoms with E-state index >= 15 is 0 Å². The van der Waals surface area contributed by atoms with Crippen LogP contribution >= 0.6 is 0 Å². The van der Waals surface area contributed by atoms with E-state index in [1.165, 1.54) is 0 Å². The van der Waals surface area contributed by atoms with Gasteiger partial charge in [0, 0.05) is 18.6 Å². The lowest BCUT2D eigenvalue weighted by molar-refractivity contribution is -0.141. The summed E-state index contributed by atoms with van der Waals surface area (Å²) in [6, 6.07) is -0.633. The van der Waals surface area contributed by atoms with Crippen molar-refractivity contribution in [2.24, 2.45) is 5.92 Å². The van der Waals surface area contributed by atoms with Crippen molar-refractivity contribution in [1.29, 1.82) is 0 Å². The normalized spacial score (nSPS) is 13.9. The van der Waals surface area contributed by atoms with Crippen LogP contribution in [0.25, 0.3) is 0 Å². The Bertz CT molecular complexity index is 289. The van der Waals surface area contributed by atoms with Crippen LogP contribution in [0.5, 0.6) is 0 Å². The van der Waals surface area contributed by atoms with Crippen molar-refractivity contribution in [3.05, 3.63) is 12.7 Å². The summed E-state index contributed by atoms with van der Waals surface area (Å²) in [7, 11) is 0.